The fourth-order valence-electron chi connectivity index (χ4n) is 1.15. The van der Waals surface area contributed by atoms with Gasteiger partial charge in [0, 0.05) is 0 Å². The molecule has 4 nitrogen and oxygen atoms in total. The highest BCUT2D eigenvalue weighted by molar-refractivity contribution is 5.76. The molecule has 1 rings (SSSR count). The molecule has 0 saturated carbocycles. The molecular weight excluding hydrogens is 230 g/mol. The summed E-state index contributed by atoms with van der Waals surface area (Å²) in [5.74, 6) is 0.00830. The summed E-state index contributed by atoms with van der Waals surface area (Å²) in [5, 5.41) is 2.08. The maximum Gasteiger partial charge on any atom is 0.255 e. The number of carbonyl (C=O) groups excluding carboxylic acids is 1. The molecular formula is C11H14F2N2O2. The number of halogens is 2. The predicted molar refractivity (Wildman–Crippen MR) is 60.0 cm³/mol. The zero-order chi connectivity index (χ0) is 12.7. The maximum absolute atomic E-state index is 11.8. The molecule has 0 aliphatic heterocycles. The van der Waals surface area contributed by atoms with Crippen molar-refractivity contribution in [1.82, 2.24) is 5.32 Å². The van der Waals surface area contributed by atoms with Gasteiger partial charge in [0.1, 0.15) is 5.75 Å². The number of hydrogen-bond acceptors (Lipinski definition) is 3. The van der Waals surface area contributed by atoms with Crippen LogP contribution in [0, 0.1) is 0 Å². The number of para-hydroxylation sites is 2. The summed E-state index contributed by atoms with van der Waals surface area (Å²) in [6.07, 6.45) is -2.52. The lowest BCUT2D eigenvalue weighted by molar-refractivity contribution is -0.122. The molecule has 0 bridgehead atoms. The van der Waals surface area contributed by atoms with Gasteiger partial charge in [0.05, 0.1) is 25.3 Å². The molecule has 0 fully saturated rings. The number of ether oxygens (including phenoxy) is 1. The largest absolute Gasteiger partial charge is 0.491 e. The summed E-state index contributed by atoms with van der Waals surface area (Å²) >= 11 is 0. The van der Waals surface area contributed by atoms with Gasteiger partial charge in [-0.2, -0.15) is 0 Å². The second kappa shape index (κ2) is 6.67. The standard InChI is InChI=1S/C11H14F2N2O2/c12-10(13)7-15-11(16)5-6-17-9-4-2-1-3-8(9)14/h1-4,10H,5-7,14H2,(H,15,16). The van der Waals surface area contributed by atoms with E-state index in [1.165, 1.54) is 0 Å². The Labute approximate surface area is 97.8 Å². The summed E-state index contributed by atoms with van der Waals surface area (Å²) in [4.78, 5) is 11.1. The number of alkyl halides is 2. The van der Waals surface area contributed by atoms with Gasteiger partial charge in [-0.05, 0) is 12.1 Å². The average molecular weight is 244 g/mol. The van der Waals surface area contributed by atoms with Crippen molar-refractivity contribution in [3.63, 3.8) is 0 Å². The Morgan fingerprint density at radius 3 is 2.76 bits per heavy atom. The molecule has 0 radical (unpaired) electrons. The van der Waals surface area contributed by atoms with Crippen LogP contribution in [-0.4, -0.2) is 25.5 Å². The van der Waals surface area contributed by atoms with Crippen LogP contribution in [0.1, 0.15) is 6.42 Å². The molecule has 0 atom stereocenters. The van der Waals surface area contributed by atoms with Crippen LogP contribution >= 0.6 is 0 Å². The van der Waals surface area contributed by atoms with E-state index in [0.29, 0.717) is 11.4 Å². The summed E-state index contributed by atoms with van der Waals surface area (Å²) in [5.41, 5.74) is 6.08. The van der Waals surface area contributed by atoms with Crippen molar-refractivity contribution in [2.24, 2.45) is 0 Å². The molecule has 0 aliphatic carbocycles. The van der Waals surface area contributed by atoms with Crippen LogP contribution in [0.4, 0.5) is 14.5 Å². The molecule has 0 spiro atoms. The van der Waals surface area contributed by atoms with E-state index >= 15 is 0 Å². The number of nitrogens with one attached hydrogen (secondary N) is 1. The predicted octanol–water partition coefficient (Wildman–Crippen LogP) is 1.42. The lowest BCUT2D eigenvalue weighted by Crippen LogP contribution is -2.29. The van der Waals surface area contributed by atoms with Crippen molar-refractivity contribution in [3.8, 4) is 5.75 Å². The first kappa shape index (κ1) is 13.2. The Kier molecular flexibility index (Phi) is 5.19. The van der Waals surface area contributed by atoms with Gasteiger partial charge < -0.3 is 15.8 Å². The number of benzene rings is 1. The number of amides is 1. The van der Waals surface area contributed by atoms with Crippen molar-refractivity contribution < 1.29 is 18.3 Å². The first-order valence-electron chi connectivity index (χ1n) is 5.11. The van der Waals surface area contributed by atoms with Crippen LogP contribution in [0.25, 0.3) is 0 Å². The van der Waals surface area contributed by atoms with E-state index in [-0.39, 0.29) is 13.0 Å². The minimum Gasteiger partial charge on any atom is -0.491 e. The van der Waals surface area contributed by atoms with Gasteiger partial charge in [-0.3, -0.25) is 4.79 Å². The summed E-state index contributed by atoms with van der Waals surface area (Å²) in [6, 6.07) is 6.86. The summed E-state index contributed by atoms with van der Waals surface area (Å²) in [6.45, 7) is -0.532. The van der Waals surface area contributed by atoms with Crippen molar-refractivity contribution in [2.45, 2.75) is 12.8 Å². The van der Waals surface area contributed by atoms with E-state index < -0.39 is 18.9 Å². The first-order valence-corrected chi connectivity index (χ1v) is 5.11. The number of carbonyl (C=O) groups is 1. The second-order valence-corrected chi connectivity index (χ2v) is 3.33. The van der Waals surface area contributed by atoms with Crippen LogP contribution < -0.4 is 15.8 Å². The third-order valence-electron chi connectivity index (χ3n) is 1.96. The fourth-order valence-corrected chi connectivity index (χ4v) is 1.15. The van der Waals surface area contributed by atoms with E-state index in [1.807, 2.05) is 0 Å². The van der Waals surface area contributed by atoms with Gasteiger partial charge in [-0.25, -0.2) is 8.78 Å². The highest BCUT2D eigenvalue weighted by Crippen LogP contribution is 2.19. The first-order chi connectivity index (χ1) is 8.09. The van der Waals surface area contributed by atoms with Crippen LogP contribution in [0.15, 0.2) is 24.3 Å². The molecule has 0 aliphatic rings. The van der Waals surface area contributed by atoms with Gasteiger partial charge >= 0.3 is 0 Å². The van der Waals surface area contributed by atoms with E-state index in [0.717, 1.165) is 0 Å². The van der Waals surface area contributed by atoms with Gasteiger partial charge in [0.2, 0.25) is 5.91 Å². The number of hydrogen-bond donors (Lipinski definition) is 2. The summed E-state index contributed by atoms with van der Waals surface area (Å²) < 4.78 is 28.8. The zero-order valence-electron chi connectivity index (χ0n) is 9.16. The Balaban J connectivity index is 2.24. The Bertz CT molecular complexity index is 372. The Morgan fingerprint density at radius 1 is 1.41 bits per heavy atom. The van der Waals surface area contributed by atoms with E-state index in [9.17, 15) is 13.6 Å². The smallest absolute Gasteiger partial charge is 0.255 e. The van der Waals surface area contributed by atoms with Crippen molar-refractivity contribution in [1.29, 1.82) is 0 Å². The molecule has 1 amide bonds. The Morgan fingerprint density at radius 2 is 2.12 bits per heavy atom. The molecule has 94 valence electrons. The molecule has 6 heteroatoms. The van der Waals surface area contributed by atoms with E-state index in [2.05, 4.69) is 5.32 Å². The second-order valence-electron chi connectivity index (χ2n) is 3.33. The molecule has 0 aromatic heterocycles. The summed E-state index contributed by atoms with van der Waals surface area (Å²) in [7, 11) is 0. The highest BCUT2D eigenvalue weighted by atomic mass is 19.3. The number of nitrogen functional groups attached to an aromatic ring is 1. The van der Waals surface area contributed by atoms with Crippen molar-refractivity contribution in [2.75, 3.05) is 18.9 Å². The molecule has 1 aromatic rings. The topological polar surface area (TPSA) is 64.3 Å². The number of anilines is 1. The lowest BCUT2D eigenvalue weighted by atomic mass is 10.3. The van der Waals surface area contributed by atoms with Crippen molar-refractivity contribution in [3.05, 3.63) is 24.3 Å². The third-order valence-corrected chi connectivity index (χ3v) is 1.96. The molecule has 17 heavy (non-hydrogen) atoms. The molecule has 0 unspecified atom stereocenters. The molecule has 0 saturated heterocycles. The minimum atomic E-state index is -2.54. The molecule has 1 aromatic carbocycles. The van der Waals surface area contributed by atoms with Crippen LogP contribution in [0.2, 0.25) is 0 Å². The highest BCUT2D eigenvalue weighted by Gasteiger charge is 2.06. The molecule has 3 N–H and O–H groups in total. The van der Waals surface area contributed by atoms with Gasteiger partial charge in [0.25, 0.3) is 6.43 Å². The SMILES string of the molecule is Nc1ccccc1OCCC(=O)NCC(F)F. The minimum absolute atomic E-state index is 0.0149. The molecule has 0 heterocycles. The van der Waals surface area contributed by atoms with Crippen LogP contribution in [0.3, 0.4) is 0 Å². The fraction of sp³-hybridized carbons (Fsp3) is 0.364. The Hall–Kier alpha value is -1.85. The van der Waals surface area contributed by atoms with Gasteiger partial charge in [-0.15, -0.1) is 0 Å². The number of nitrogens with two attached hydrogens (primary N) is 1. The lowest BCUT2D eigenvalue weighted by Gasteiger charge is -2.08. The third kappa shape index (κ3) is 5.14. The van der Waals surface area contributed by atoms with E-state index in [1.54, 1.807) is 24.3 Å². The van der Waals surface area contributed by atoms with Crippen LogP contribution in [-0.2, 0) is 4.79 Å². The number of rotatable bonds is 6. The van der Waals surface area contributed by atoms with Crippen LogP contribution in [0.5, 0.6) is 5.75 Å². The quantitative estimate of drug-likeness (QED) is 0.744. The monoisotopic (exact) mass is 244 g/mol. The van der Waals surface area contributed by atoms with Crippen molar-refractivity contribution >= 4 is 11.6 Å². The van der Waals surface area contributed by atoms with Gasteiger partial charge in [-0.1, -0.05) is 12.1 Å². The normalized spacial score (nSPS) is 10.3. The average Bonchev–Trinajstić information content (AvgIpc) is 2.29. The maximum atomic E-state index is 11.8. The van der Waals surface area contributed by atoms with Gasteiger partial charge in [0.15, 0.2) is 0 Å². The zero-order valence-corrected chi connectivity index (χ0v) is 9.16. The van der Waals surface area contributed by atoms with E-state index in [4.69, 9.17) is 10.5 Å².